The summed E-state index contributed by atoms with van der Waals surface area (Å²) in [5, 5.41) is 10.7. The molecule has 5 rings (SSSR count). The maximum atomic E-state index is 13.5. The molecule has 1 atom stereocenters. The second-order valence-electron chi connectivity index (χ2n) is 7.96. The van der Waals surface area contributed by atoms with Crippen molar-refractivity contribution in [2.75, 3.05) is 11.9 Å². The number of likely N-dealkylation sites (N-methyl/N-ethyl adjacent to an activating group) is 1. The molecule has 1 N–H and O–H groups in total. The first-order valence-corrected chi connectivity index (χ1v) is 10.5. The first-order chi connectivity index (χ1) is 14.9. The number of nitrogens with zero attached hydrogens (tertiary/aromatic N) is 4. The summed E-state index contributed by atoms with van der Waals surface area (Å²) in [6.45, 7) is 0. The SMILES string of the molecule is CN(c1ncc2cc(F)ccc2n1)C1CCc2c(CC(=O)O)c3ccc(Cl)cn3c2C1. The molecule has 0 fully saturated rings. The van der Waals surface area contributed by atoms with Gasteiger partial charge in [0.05, 0.1) is 17.0 Å². The molecule has 0 bridgehead atoms. The van der Waals surface area contributed by atoms with Crippen LogP contribution in [-0.2, 0) is 24.1 Å². The molecule has 0 saturated carbocycles. The fourth-order valence-corrected chi connectivity index (χ4v) is 4.74. The molecule has 1 aromatic carbocycles. The van der Waals surface area contributed by atoms with Crippen molar-refractivity contribution in [2.45, 2.75) is 31.7 Å². The topological polar surface area (TPSA) is 70.7 Å². The van der Waals surface area contributed by atoms with E-state index >= 15 is 0 Å². The van der Waals surface area contributed by atoms with E-state index in [0.29, 0.717) is 21.9 Å². The van der Waals surface area contributed by atoms with E-state index in [1.54, 1.807) is 18.3 Å². The van der Waals surface area contributed by atoms with Crippen molar-refractivity contribution >= 4 is 39.9 Å². The Hall–Kier alpha value is -3.19. The third kappa shape index (κ3) is 3.49. The largest absolute Gasteiger partial charge is 0.481 e. The van der Waals surface area contributed by atoms with Crippen LogP contribution in [0, 0.1) is 5.82 Å². The third-order valence-electron chi connectivity index (χ3n) is 6.10. The van der Waals surface area contributed by atoms with Gasteiger partial charge in [-0.05, 0) is 54.3 Å². The van der Waals surface area contributed by atoms with Gasteiger partial charge in [0.25, 0.3) is 0 Å². The normalized spacial score (nSPS) is 15.9. The maximum Gasteiger partial charge on any atom is 0.307 e. The number of hydrogen-bond donors (Lipinski definition) is 1. The summed E-state index contributed by atoms with van der Waals surface area (Å²) in [5.41, 5.74) is 4.63. The molecule has 1 unspecified atom stereocenters. The Labute approximate surface area is 182 Å². The molecule has 158 valence electrons. The monoisotopic (exact) mass is 438 g/mol. The van der Waals surface area contributed by atoms with Gasteiger partial charge in [-0.3, -0.25) is 4.79 Å². The smallest absolute Gasteiger partial charge is 0.307 e. The zero-order chi connectivity index (χ0) is 21.7. The Morgan fingerprint density at radius 1 is 1.35 bits per heavy atom. The fraction of sp³-hybridized carbons (Fsp3) is 0.261. The first-order valence-electron chi connectivity index (χ1n) is 10.1. The number of benzene rings is 1. The van der Waals surface area contributed by atoms with Crippen LogP contribution in [0.4, 0.5) is 10.3 Å². The number of carbonyl (C=O) groups is 1. The van der Waals surface area contributed by atoms with E-state index in [9.17, 15) is 14.3 Å². The van der Waals surface area contributed by atoms with E-state index in [0.717, 1.165) is 41.6 Å². The second kappa shape index (κ2) is 7.50. The van der Waals surface area contributed by atoms with Gasteiger partial charge in [0, 0.05) is 48.5 Å². The molecule has 1 aliphatic rings. The van der Waals surface area contributed by atoms with Gasteiger partial charge < -0.3 is 14.4 Å². The molecule has 0 amide bonds. The number of carboxylic acids is 1. The Morgan fingerprint density at radius 3 is 3.00 bits per heavy atom. The van der Waals surface area contributed by atoms with Crippen molar-refractivity contribution in [3.05, 3.63) is 70.4 Å². The lowest BCUT2D eigenvalue weighted by atomic mass is 9.89. The van der Waals surface area contributed by atoms with Gasteiger partial charge in [0.2, 0.25) is 5.95 Å². The van der Waals surface area contributed by atoms with Crippen LogP contribution in [-0.4, -0.2) is 38.5 Å². The summed E-state index contributed by atoms with van der Waals surface area (Å²) < 4.78 is 15.5. The van der Waals surface area contributed by atoms with E-state index in [1.165, 1.54) is 12.1 Å². The van der Waals surface area contributed by atoms with Crippen LogP contribution < -0.4 is 4.90 Å². The fourth-order valence-electron chi connectivity index (χ4n) is 4.58. The molecule has 0 radical (unpaired) electrons. The van der Waals surface area contributed by atoms with Crippen LogP contribution in [0.1, 0.15) is 23.2 Å². The van der Waals surface area contributed by atoms with E-state index in [4.69, 9.17) is 11.6 Å². The number of aromatic nitrogens is 3. The van der Waals surface area contributed by atoms with Gasteiger partial charge in [-0.15, -0.1) is 0 Å². The van der Waals surface area contributed by atoms with E-state index < -0.39 is 5.97 Å². The number of pyridine rings is 1. The number of fused-ring (bicyclic) bond motifs is 4. The summed E-state index contributed by atoms with van der Waals surface area (Å²) in [6.07, 6.45) is 5.83. The Bertz CT molecular complexity index is 1340. The van der Waals surface area contributed by atoms with Crippen molar-refractivity contribution < 1.29 is 14.3 Å². The highest BCUT2D eigenvalue weighted by Crippen LogP contribution is 2.34. The van der Waals surface area contributed by atoms with Crippen LogP contribution in [0.25, 0.3) is 16.4 Å². The maximum absolute atomic E-state index is 13.5. The number of aliphatic carboxylic acids is 1. The lowest BCUT2D eigenvalue weighted by molar-refractivity contribution is -0.136. The molecule has 6 nitrogen and oxygen atoms in total. The van der Waals surface area contributed by atoms with Crippen molar-refractivity contribution in [2.24, 2.45) is 0 Å². The predicted octanol–water partition coefficient (Wildman–Crippen LogP) is 4.30. The molecule has 0 spiro atoms. The summed E-state index contributed by atoms with van der Waals surface area (Å²) in [5.74, 6) is -0.573. The number of halogens is 2. The van der Waals surface area contributed by atoms with Crippen molar-refractivity contribution in [3.63, 3.8) is 0 Å². The summed E-state index contributed by atoms with van der Waals surface area (Å²) >= 11 is 6.24. The van der Waals surface area contributed by atoms with Crippen molar-refractivity contribution in [1.29, 1.82) is 0 Å². The van der Waals surface area contributed by atoms with E-state index in [1.807, 2.05) is 28.6 Å². The highest BCUT2D eigenvalue weighted by Gasteiger charge is 2.29. The molecular weight excluding hydrogens is 419 g/mol. The van der Waals surface area contributed by atoms with Gasteiger partial charge in [-0.2, -0.15) is 0 Å². The van der Waals surface area contributed by atoms with Gasteiger partial charge >= 0.3 is 5.97 Å². The van der Waals surface area contributed by atoms with Gasteiger partial charge in [0.15, 0.2) is 0 Å². The molecule has 31 heavy (non-hydrogen) atoms. The standard InChI is InChI=1S/C23H20ClFN4O2/c1-28(23-26-11-13-8-15(25)3-6-19(13)27-23)16-4-5-17-18(10-22(30)31)20-7-2-14(24)12-29(20)21(17)9-16/h2-3,6-8,11-12,16H,4-5,9-10H2,1H3,(H,30,31). The average Bonchev–Trinajstić information content (AvgIpc) is 3.04. The predicted molar refractivity (Wildman–Crippen MR) is 117 cm³/mol. The third-order valence-corrected chi connectivity index (χ3v) is 6.33. The van der Waals surface area contributed by atoms with Crippen LogP contribution >= 0.6 is 11.6 Å². The number of anilines is 1. The molecule has 3 heterocycles. The number of carboxylic acid groups (broad SMARTS) is 1. The zero-order valence-electron chi connectivity index (χ0n) is 16.8. The Balaban J connectivity index is 1.51. The molecule has 0 aliphatic heterocycles. The minimum Gasteiger partial charge on any atom is -0.481 e. The van der Waals surface area contributed by atoms with Crippen molar-refractivity contribution in [3.8, 4) is 0 Å². The number of hydrogen-bond acceptors (Lipinski definition) is 4. The molecule has 8 heteroatoms. The van der Waals surface area contributed by atoms with Gasteiger partial charge in [0.1, 0.15) is 5.82 Å². The number of rotatable bonds is 4. The molecular formula is C23H20ClFN4O2. The average molecular weight is 439 g/mol. The summed E-state index contributed by atoms with van der Waals surface area (Å²) in [7, 11) is 1.96. The van der Waals surface area contributed by atoms with Crippen LogP contribution in [0.15, 0.2) is 42.7 Å². The van der Waals surface area contributed by atoms with Crippen LogP contribution in [0.5, 0.6) is 0 Å². The molecule has 3 aromatic heterocycles. The quantitative estimate of drug-likeness (QED) is 0.514. The minimum atomic E-state index is -0.842. The van der Waals surface area contributed by atoms with Gasteiger partial charge in [-0.25, -0.2) is 14.4 Å². The van der Waals surface area contributed by atoms with Crippen molar-refractivity contribution in [1.82, 2.24) is 14.4 Å². The van der Waals surface area contributed by atoms with Crippen LogP contribution in [0.3, 0.4) is 0 Å². The summed E-state index contributed by atoms with van der Waals surface area (Å²) in [4.78, 5) is 22.6. The zero-order valence-corrected chi connectivity index (χ0v) is 17.6. The minimum absolute atomic E-state index is 0.00861. The first kappa shape index (κ1) is 19.8. The molecule has 0 saturated heterocycles. The highest BCUT2D eigenvalue weighted by atomic mass is 35.5. The second-order valence-corrected chi connectivity index (χ2v) is 8.39. The van der Waals surface area contributed by atoms with Gasteiger partial charge in [-0.1, -0.05) is 11.6 Å². The molecule has 4 aromatic rings. The van der Waals surface area contributed by atoms with Crippen LogP contribution in [0.2, 0.25) is 5.02 Å². The lowest BCUT2D eigenvalue weighted by Crippen LogP contribution is -2.38. The van der Waals surface area contributed by atoms with E-state index in [2.05, 4.69) is 9.97 Å². The lowest BCUT2D eigenvalue weighted by Gasteiger charge is -2.32. The molecule has 1 aliphatic carbocycles. The Kier molecular flexibility index (Phi) is 4.78. The highest BCUT2D eigenvalue weighted by molar-refractivity contribution is 6.30. The summed E-state index contributed by atoms with van der Waals surface area (Å²) in [6, 6.07) is 8.30. The van der Waals surface area contributed by atoms with E-state index in [-0.39, 0.29) is 18.3 Å². The Morgan fingerprint density at radius 2 is 2.19 bits per heavy atom.